The Hall–Kier alpha value is -4.34. The highest BCUT2D eigenvalue weighted by Crippen LogP contribution is 2.54. The molecule has 2 nitrogen and oxygen atoms in total. The zero-order chi connectivity index (χ0) is 35.1. The summed E-state index contributed by atoms with van der Waals surface area (Å²) in [4.78, 5) is 5.46. The first-order valence-electron chi connectivity index (χ1n) is 20.3. The summed E-state index contributed by atoms with van der Waals surface area (Å²) in [6.07, 6.45) is 9.99. The zero-order valence-electron chi connectivity index (χ0n) is 31.2. The van der Waals surface area contributed by atoms with Gasteiger partial charge in [-0.15, -0.1) is 0 Å². The molecule has 0 radical (unpaired) electrons. The Morgan fingerprint density at radius 2 is 0.904 bits per heavy atom. The van der Waals surface area contributed by atoms with Gasteiger partial charge in [-0.1, -0.05) is 136 Å². The molecule has 5 aromatic rings. The highest BCUT2D eigenvalue weighted by atomic mass is 15.1. The number of rotatable bonds is 12. The van der Waals surface area contributed by atoms with E-state index in [1.54, 1.807) is 0 Å². The summed E-state index contributed by atoms with van der Waals surface area (Å²) >= 11 is 0. The van der Waals surface area contributed by atoms with Crippen molar-refractivity contribution in [2.75, 3.05) is 39.3 Å². The normalized spacial score (nSPS) is 24.9. The monoisotopic (exact) mass is 680 g/mol. The third-order valence-corrected chi connectivity index (χ3v) is 13.1. The molecule has 52 heavy (non-hydrogen) atoms. The van der Waals surface area contributed by atoms with Gasteiger partial charge >= 0.3 is 0 Å². The highest BCUT2D eigenvalue weighted by Gasteiger charge is 2.50. The summed E-state index contributed by atoms with van der Waals surface area (Å²) in [5, 5.41) is 5.38. The van der Waals surface area contributed by atoms with Gasteiger partial charge in [0.05, 0.1) is 10.8 Å². The van der Waals surface area contributed by atoms with Crippen molar-refractivity contribution in [1.29, 1.82) is 0 Å². The minimum atomic E-state index is -0.421. The van der Waals surface area contributed by atoms with Crippen LogP contribution in [-0.4, -0.2) is 49.1 Å². The minimum Gasteiger partial charge on any atom is -0.303 e. The quantitative estimate of drug-likeness (QED) is 0.0735. The summed E-state index contributed by atoms with van der Waals surface area (Å²) in [6.45, 7) is 11.4. The van der Waals surface area contributed by atoms with Crippen LogP contribution in [0.3, 0.4) is 0 Å². The SMILES string of the molecule is CCCCCN1CCC(C2(c3c4ccccc4c(C4(C5CCN(CCCCC)C5)C#Cc5ccc4cc5)c4ccccc34)C#Cc3ccc2cc3)C1. The Morgan fingerprint density at radius 3 is 1.27 bits per heavy atom. The van der Waals surface area contributed by atoms with Crippen molar-refractivity contribution in [3.8, 4) is 23.7 Å². The molecular weight excluding hydrogens is 629 g/mol. The van der Waals surface area contributed by atoms with Gasteiger partial charge in [0.1, 0.15) is 0 Å². The van der Waals surface area contributed by atoms with Crippen molar-refractivity contribution >= 4 is 21.5 Å². The van der Waals surface area contributed by atoms with Crippen LogP contribution in [0.1, 0.15) is 98.6 Å². The summed E-state index contributed by atoms with van der Waals surface area (Å²) in [7, 11) is 0. The van der Waals surface area contributed by atoms with Crippen molar-refractivity contribution in [2.45, 2.75) is 76.0 Å². The first-order chi connectivity index (χ1) is 25.7. The molecule has 0 saturated carbocycles. The van der Waals surface area contributed by atoms with Gasteiger partial charge in [0, 0.05) is 24.2 Å². The number of hydrogen-bond acceptors (Lipinski definition) is 2. The number of likely N-dealkylation sites (tertiary alicyclic amines) is 2. The maximum absolute atomic E-state index is 4.08. The average Bonchev–Trinajstić information content (AvgIpc) is 3.68. The standard InChI is InChI=1S/C50H52N2/c1-3-5-11-31-51-33-27-41(35-51)49(29-25-37-17-21-39(49)22-18-37)47-43-13-7-9-15-45(43)48(46-16-10-8-14-44(46)47)50(30-26-38-19-23-40(50)24-20-38)42-28-34-52(36-42)32-12-6-4-2/h7-10,13-24,41-42H,3-6,11-12,27-28,31-36H2,1-2H3. The molecule has 6 aliphatic rings. The van der Waals surface area contributed by atoms with E-state index in [9.17, 15) is 0 Å². The van der Waals surface area contributed by atoms with Crippen LogP contribution in [0.4, 0.5) is 0 Å². The lowest BCUT2D eigenvalue weighted by Crippen LogP contribution is -2.39. The van der Waals surface area contributed by atoms with E-state index in [0.29, 0.717) is 11.8 Å². The molecule has 4 atom stereocenters. The van der Waals surface area contributed by atoms with Gasteiger partial charge in [0.2, 0.25) is 0 Å². The molecular formula is C50H52N2. The Morgan fingerprint density at radius 1 is 0.519 bits per heavy atom. The lowest BCUT2D eigenvalue weighted by atomic mass is 9.60. The Bertz CT molecular complexity index is 2010. The minimum absolute atomic E-state index is 0.395. The first kappa shape index (κ1) is 33.5. The van der Waals surface area contributed by atoms with E-state index in [4.69, 9.17) is 0 Å². The lowest BCUT2D eigenvalue weighted by Gasteiger charge is -2.41. The van der Waals surface area contributed by atoms with E-state index in [0.717, 1.165) is 50.1 Å². The molecule has 11 rings (SSSR count). The molecule has 5 aromatic carbocycles. The molecule has 0 N–H and O–H groups in total. The van der Waals surface area contributed by atoms with Gasteiger partial charge in [-0.2, -0.15) is 0 Å². The van der Waals surface area contributed by atoms with Crippen molar-refractivity contribution < 1.29 is 0 Å². The molecule has 2 saturated heterocycles. The molecule has 2 heterocycles. The van der Waals surface area contributed by atoms with Crippen LogP contribution in [0.2, 0.25) is 0 Å². The smallest absolute Gasteiger partial charge is 0.0868 e. The van der Waals surface area contributed by atoms with Crippen LogP contribution >= 0.6 is 0 Å². The molecule has 2 aliphatic heterocycles. The topological polar surface area (TPSA) is 6.48 Å². The van der Waals surface area contributed by atoms with Gasteiger partial charge in [-0.3, -0.25) is 0 Å². The highest BCUT2D eigenvalue weighted by molar-refractivity contribution is 6.09. The van der Waals surface area contributed by atoms with E-state index < -0.39 is 10.8 Å². The Labute approximate surface area is 311 Å². The third-order valence-electron chi connectivity index (χ3n) is 13.1. The Balaban J connectivity index is 1.29. The second-order valence-electron chi connectivity index (χ2n) is 16.1. The van der Waals surface area contributed by atoms with Crippen LogP contribution in [-0.2, 0) is 10.8 Å². The molecule has 0 aromatic heterocycles. The largest absolute Gasteiger partial charge is 0.303 e. The molecule has 4 aliphatic carbocycles. The van der Waals surface area contributed by atoms with Crippen molar-refractivity contribution in [3.63, 3.8) is 0 Å². The predicted molar refractivity (Wildman–Crippen MR) is 218 cm³/mol. The maximum Gasteiger partial charge on any atom is 0.0868 e. The van der Waals surface area contributed by atoms with E-state index in [-0.39, 0.29) is 0 Å². The number of unbranched alkanes of at least 4 members (excludes halogenated alkanes) is 4. The second kappa shape index (κ2) is 13.9. The van der Waals surface area contributed by atoms with Crippen LogP contribution in [0.15, 0.2) is 97.1 Å². The van der Waals surface area contributed by atoms with Crippen molar-refractivity contribution in [1.82, 2.24) is 9.80 Å². The molecule has 4 unspecified atom stereocenters. The fourth-order valence-corrected chi connectivity index (χ4v) is 10.5. The van der Waals surface area contributed by atoms with Crippen LogP contribution in [0.5, 0.6) is 0 Å². The first-order valence-corrected chi connectivity index (χ1v) is 20.3. The fraction of sp³-hybridized carbons (Fsp3) is 0.400. The van der Waals surface area contributed by atoms with E-state index in [1.165, 1.54) is 95.4 Å². The number of benzene rings is 5. The average molecular weight is 681 g/mol. The van der Waals surface area contributed by atoms with Gasteiger partial charge in [0.15, 0.2) is 0 Å². The van der Waals surface area contributed by atoms with Gasteiger partial charge < -0.3 is 9.80 Å². The van der Waals surface area contributed by atoms with Crippen molar-refractivity contribution in [2.24, 2.45) is 11.8 Å². The Kier molecular flexibility index (Phi) is 8.95. The molecule has 2 fully saturated rings. The summed E-state index contributed by atoms with van der Waals surface area (Å²) in [5.41, 5.74) is 6.91. The van der Waals surface area contributed by atoms with E-state index >= 15 is 0 Å². The molecule has 4 bridgehead atoms. The summed E-state index contributed by atoms with van der Waals surface area (Å²) in [6, 6.07) is 37.3. The predicted octanol–water partition coefficient (Wildman–Crippen LogP) is 10.3. The lowest BCUT2D eigenvalue weighted by molar-refractivity contribution is 0.299. The number of fused-ring (bicyclic) bond motifs is 8. The number of hydrogen-bond donors (Lipinski definition) is 0. The van der Waals surface area contributed by atoms with Crippen LogP contribution < -0.4 is 0 Å². The number of nitrogens with zero attached hydrogens (tertiary/aromatic N) is 2. The molecule has 0 spiro atoms. The van der Waals surface area contributed by atoms with E-state index in [2.05, 4.69) is 144 Å². The third kappa shape index (κ3) is 5.42. The van der Waals surface area contributed by atoms with Crippen LogP contribution in [0.25, 0.3) is 21.5 Å². The van der Waals surface area contributed by atoms with Gasteiger partial charge in [0.25, 0.3) is 0 Å². The van der Waals surface area contributed by atoms with Gasteiger partial charge in [-0.05, 0) is 132 Å². The fourth-order valence-electron chi connectivity index (χ4n) is 10.5. The molecule has 0 amide bonds. The second-order valence-corrected chi connectivity index (χ2v) is 16.1. The van der Waals surface area contributed by atoms with E-state index in [1.807, 2.05) is 0 Å². The summed E-state index contributed by atoms with van der Waals surface area (Å²) < 4.78 is 0. The molecule has 2 heteroatoms. The molecule has 262 valence electrons. The zero-order valence-corrected chi connectivity index (χ0v) is 31.2. The van der Waals surface area contributed by atoms with Crippen LogP contribution in [0, 0.1) is 35.5 Å². The van der Waals surface area contributed by atoms with Crippen molar-refractivity contribution in [3.05, 3.63) is 130 Å². The van der Waals surface area contributed by atoms with Gasteiger partial charge in [-0.25, -0.2) is 0 Å². The maximum atomic E-state index is 4.08. The summed E-state index contributed by atoms with van der Waals surface area (Å²) in [5.74, 6) is 16.4.